The summed E-state index contributed by atoms with van der Waals surface area (Å²) in [5, 5.41) is 9.11. The van der Waals surface area contributed by atoms with E-state index in [0.717, 1.165) is 0 Å². The van der Waals surface area contributed by atoms with Gasteiger partial charge in [0.15, 0.2) is 0 Å². The molecule has 20 heavy (non-hydrogen) atoms. The van der Waals surface area contributed by atoms with Crippen LogP contribution in [0.2, 0.25) is 0 Å². The summed E-state index contributed by atoms with van der Waals surface area (Å²) >= 11 is 0. The molecule has 0 bridgehead atoms. The van der Waals surface area contributed by atoms with E-state index in [4.69, 9.17) is 5.11 Å². The molecule has 1 saturated heterocycles. The van der Waals surface area contributed by atoms with Gasteiger partial charge in [-0.05, 0) is 25.5 Å². The van der Waals surface area contributed by atoms with Gasteiger partial charge in [-0.15, -0.1) is 0 Å². The molecular weight excluding hydrogens is 261 g/mol. The number of aliphatic carboxylic acids is 1. The van der Waals surface area contributed by atoms with E-state index in [0.29, 0.717) is 18.5 Å². The molecule has 1 aliphatic rings. The molecular formula is C15H16FNO3. The fraction of sp³-hybridized carbons (Fsp3) is 0.333. The zero-order valence-electron chi connectivity index (χ0n) is 11.2. The zero-order valence-corrected chi connectivity index (χ0v) is 11.2. The van der Waals surface area contributed by atoms with Crippen LogP contribution in [0.4, 0.5) is 4.39 Å². The maximum Gasteiger partial charge on any atom is 0.311 e. The van der Waals surface area contributed by atoms with Gasteiger partial charge in [-0.2, -0.15) is 0 Å². The van der Waals surface area contributed by atoms with E-state index in [-0.39, 0.29) is 12.5 Å². The first-order chi connectivity index (χ1) is 9.42. The Morgan fingerprint density at radius 1 is 1.40 bits per heavy atom. The minimum absolute atomic E-state index is 0.183. The highest BCUT2D eigenvalue weighted by atomic mass is 19.1. The Bertz CT molecular complexity index is 570. The minimum Gasteiger partial charge on any atom is -0.481 e. The Hall–Kier alpha value is -2.17. The summed E-state index contributed by atoms with van der Waals surface area (Å²) < 4.78 is 13.4. The molecule has 0 aromatic heterocycles. The Morgan fingerprint density at radius 3 is 2.70 bits per heavy atom. The average molecular weight is 277 g/mol. The number of rotatable bonds is 3. The second-order valence-corrected chi connectivity index (χ2v) is 5.23. The number of likely N-dealkylation sites (tertiary alicyclic amines) is 1. The molecule has 1 aromatic carbocycles. The van der Waals surface area contributed by atoms with Crippen LogP contribution in [0.25, 0.3) is 6.08 Å². The summed E-state index contributed by atoms with van der Waals surface area (Å²) in [6.07, 6.45) is 3.13. The molecule has 4 nitrogen and oxygen atoms in total. The Balaban J connectivity index is 2.04. The van der Waals surface area contributed by atoms with Gasteiger partial charge in [0.25, 0.3) is 0 Å². The number of benzene rings is 1. The molecule has 0 saturated carbocycles. The van der Waals surface area contributed by atoms with E-state index >= 15 is 0 Å². The average Bonchev–Trinajstić information content (AvgIpc) is 2.82. The van der Waals surface area contributed by atoms with Crippen LogP contribution in [0, 0.1) is 11.2 Å². The largest absolute Gasteiger partial charge is 0.481 e. The Kier molecular flexibility index (Phi) is 3.88. The quantitative estimate of drug-likeness (QED) is 0.861. The van der Waals surface area contributed by atoms with Gasteiger partial charge in [0, 0.05) is 24.7 Å². The van der Waals surface area contributed by atoms with Crippen molar-refractivity contribution in [2.45, 2.75) is 13.3 Å². The number of nitrogens with zero attached hydrogens (tertiary/aromatic N) is 1. The molecule has 1 atom stereocenters. The van der Waals surface area contributed by atoms with Gasteiger partial charge in [-0.1, -0.05) is 18.2 Å². The SMILES string of the molecule is C[C@@]1(C(=O)O)CCN(C(=O)/C=C\c2ccccc2F)C1. The number of carbonyl (C=O) groups is 2. The first-order valence-electron chi connectivity index (χ1n) is 6.37. The lowest BCUT2D eigenvalue weighted by molar-refractivity contribution is -0.147. The summed E-state index contributed by atoms with van der Waals surface area (Å²) in [5.41, 5.74) is -0.553. The lowest BCUT2D eigenvalue weighted by Gasteiger charge is -2.18. The number of carbonyl (C=O) groups excluding carboxylic acids is 1. The molecule has 1 aromatic rings. The van der Waals surface area contributed by atoms with Crippen molar-refractivity contribution < 1.29 is 19.1 Å². The van der Waals surface area contributed by atoms with Gasteiger partial charge in [-0.3, -0.25) is 9.59 Å². The summed E-state index contributed by atoms with van der Waals surface area (Å²) in [7, 11) is 0. The molecule has 5 heteroatoms. The maximum atomic E-state index is 13.4. The summed E-state index contributed by atoms with van der Waals surface area (Å²) in [6.45, 7) is 2.22. The van der Waals surface area contributed by atoms with E-state index in [2.05, 4.69) is 0 Å². The van der Waals surface area contributed by atoms with Gasteiger partial charge in [0.1, 0.15) is 5.82 Å². The standard InChI is InChI=1S/C15H16FNO3/c1-15(14(19)20)8-9-17(10-15)13(18)7-6-11-4-2-3-5-12(11)16/h2-7H,8-10H2,1H3,(H,19,20)/b7-6-/t15-/m1/s1. The van der Waals surface area contributed by atoms with Crippen molar-refractivity contribution in [1.82, 2.24) is 4.90 Å². The van der Waals surface area contributed by atoms with Crippen molar-refractivity contribution in [3.8, 4) is 0 Å². The molecule has 0 aliphatic carbocycles. The zero-order chi connectivity index (χ0) is 14.8. The Morgan fingerprint density at radius 2 is 2.10 bits per heavy atom. The summed E-state index contributed by atoms with van der Waals surface area (Å²) in [5.74, 6) is -1.59. The second kappa shape index (κ2) is 5.45. The highest BCUT2D eigenvalue weighted by Gasteiger charge is 2.41. The van der Waals surface area contributed by atoms with Crippen molar-refractivity contribution >= 4 is 18.0 Å². The van der Waals surface area contributed by atoms with E-state index in [1.54, 1.807) is 25.1 Å². The third-order valence-corrected chi connectivity index (χ3v) is 3.61. The van der Waals surface area contributed by atoms with Crippen LogP contribution in [0.3, 0.4) is 0 Å². The number of carboxylic acid groups (broad SMARTS) is 1. The van der Waals surface area contributed by atoms with Crippen molar-refractivity contribution in [2.75, 3.05) is 13.1 Å². The van der Waals surface area contributed by atoms with Gasteiger partial charge in [0.05, 0.1) is 5.41 Å². The fourth-order valence-electron chi connectivity index (χ4n) is 2.20. The summed E-state index contributed by atoms with van der Waals surface area (Å²) in [6, 6.07) is 6.16. The number of amides is 1. The molecule has 1 heterocycles. The van der Waals surface area contributed by atoms with Gasteiger partial charge >= 0.3 is 5.97 Å². The predicted octanol–water partition coefficient (Wildman–Crippen LogP) is 2.16. The highest BCUT2D eigenvalue weighted by Crippen LogP contribution is 2.30. The number of carboxylic acids is 1. The van der Waals surface area contributed by atoms with Crippen LogP contribution < -0.4 is 0 Å². The number of hydrogen-bond donors (Lipinski definition) is 1. The topological polar surface area (TPSA) is 57.6 Å². The molecule has 1 amide bonds. The normalized spacial score (nSPS) is 22.4. The van der Waals surface area contributed by atoms with Crippen molar-refractivity contribution in [3.05, 3.63) is 41.7 Å². The lowest BCUT2D eigenvalue weighted by atomic mass is 9.90. The Labute approximate surface area is 116 Å². The molecule has 0 radical (unpaired) electrons. The molecule has 106 valence electrons. The van der Waals surface area contributed by atoms with Crippen molar-refractivity contribution in [3.63, 3.8) is 0 Å². The maximum absolute atomic E-state index is 13.4. The van der Waals surface area contributed by atoms with Gasteiger partial charge in [0.2, 0.25) is 5.91 Å². The molecule has 1 fully saturated rings. The molecule has 1 N–H and O–H groups in total. The minimum atomic E-state index is -0.897. The van der Waals surface area contributed by atoms with Crippen LogP contribution >= 0.6 is 0 Å². The van der Waals surface area contributed by atoms with Crippen molar-refractivity contribution in [1.29, 1.82) is 0 Å². The van der Waals surface area contributed by atoms with Gasteiger partial charge in [-0.25, -0.2) is 4.39 Å². The first kappa shape index (κ1) is 14.2. The number of hydrogen-bond acceptors (Lipinski definition) is 2. The van der Waals surface area contributed by atoms with Crippen LogP contribution in [-0.2, 0) is 9.59 Å². The fourth-order valence-corrected chi connectivity index (χ4v) is 2.20. The third-order valence-electron chi connectivity index (χ3n) is 3.61. The third kappa shape index (κ3) is 2.87. The van der Waals surface area contributed by atoms with Crippen molar-refractivity contribution in [2.24, 2.45) is 5.41 Å². The molecule has 0 unspecified atom stereocenters. The van der Waals surface area contributed by atoms with Crippen LogP contribution in [0.1, 0.15) is 18.9 Å². The predicted molar refractivity (Wildman–Crippen MR) is 72.4 cm³/mol. The molecule has 0 spiro atoms. The smallest absolute Gasteiger partial charge is 0.311 e. The van der Waals surface area contributed by atoms with Gasteiger partial charge < -0.3 is 10.0 Å². The van der Waals surface area contributed by atoms with E-state index in [1.165, 1.54) is 23.1 Å². The van der Waals surface area contributed by atoms with Crippen LogP contribution in [-0.4, -0.2) is 35.0 Å². The lowest BCUT2D eigenvalue weighted by Crippen LogP contribution is -2.34. The highest BCUT2D eigenvalue weighted by molar-refractivity contribution is 5.92. The van der Waals surface area contributed by atoms with Crippen LogP contribution in [0.15, 0.2) is 30.3 Å². The monoisotopic (exact) mass is 277 g/mol. The number of halogens is 1. The van der Waals surface area contributed by atoms with E-state index < -0.39 is 17.2 Å². The van der Waals surface area contributed by atoms with E-state index in [1.807, 2.05) is 0 Å². The second-order valence-electron chi connectivity index (χ2n) is 5.23. The first-order valence-corrected chi connectivity index (χ1v) is 6.37. The van der Waals surface area contributed by atoms with Crippen LogP contribution in [0.5, 0.6) is 0 Å². The summed E-state index contributed by atoms with van der Waals surface area (Å²) in [4.78, 5) is 24.6. The van der Waals surface area contributed by atoms with E-state index in [9.17, 15) is 14.0 Å². The molecule has 1 aliphatic heterocycles. The molecule has 2 rings (SSSR count).